The molecule has 0 amide bonds. The number of nitrogens with one attached hydrogen (secondary N) is 1. The van der Waals surface area contributed by atoms with Crippen LogP contribution in [0.1, 0.15) is 12.5 Å². The highest BCUT2D eigenvalue weighted by Gasteiger charge is 2.02. The summed E-state index contributed by atoms with van der Waals surface area (Å²) in [6, 6.07) is 7.81. The molecule has 0 aliphatic carbocycles. The number of halogens is 2. The first-order valence-corrected chi connectivity index (χ1v) is 6.77. The van der Waals surface area contributed by atoms with Gasteiger partial charge in [-0.15, -0.1) is 0 Å². The van der Waals surface area contributed by atoms with Gasteiger partial charge in [0.25, 0.3) is 5.56 Å². The molecule has 19 heavy (non-hydrogen) atoms. The van der Waals surface area contributed by atoms with Crippen molar-refractivity contribution >= 4 is 21.6 Å². The molecular formula is C14H14BrFN2O. The van der Waals surface area contributed by atoms with Crippen LogP contribution < -0.4 is 10.9 Å². The molecule has 1 aromatic heterocycles. The Bertz CT molecular complexity index is 640. The number of nitrogens with zero attached hydrogens (tertiary/aromatic N) is 1. The lowest BCUT2D eigenvalue weighted by Crippen LogP contribution is -2.17. The normalized spacial score (nSPS) is 10.5. The van der Waals surface area contributed by atoms with Crippen LogP contribution in [0.3, 0.4) is 0 Å². The Morgan fingerprint density at radius 1 is 1.32 bits per heavy atom. The maximum Gasteiger partial charge on any atom is 0.250 e. The summed E-state index contributed by atoms with van der Waals surface area (Å²) in [7, 11) is 0. The molecule has 1 aromatic carbocycles. The van der Waals surface area contributed by atoms with Crippen molar-refractivity contribution in [2.75, 3.05) is 5.32 Å². The van der Waals surface area contributed by atoms with E-state index in [4.69, 9.17) is 0 Å². The highest BCUT2D eigenvalue weighted by Crippen LogP contribution is 2.19. The Hall–Kier alpha value is -1.62. The summed E-state index contributed by atoms with van der Waals surface area (Å²) in [5, 5.41) is 3.17. The molecule has 2 aromatic rings. The number of aromatic nitrogens is 1. The maximum absolute atomic E-state index is 13.2. The number of aryl methyl sites for hydroxylation is 1. The molecule has 0 saturated heterocycles. The van der Waals surface area contributed by atoms with Crippen LogP contribution in [-0.4, -0.2) is 4.57 Å². The van der Waals surface area contributed by atoms with E-state index in [0.29, 0.717) is 13.1 Å². The Balaban J connectivity index is 2.14. The predicted octanol–water partition coefficient (Wildman–Crippen LogP) is 3.38. The van der Waals surface area contributed by atoms with E-state index in [9.17, 15) is 9.18 Å². The average Bonchev–Trinajstić information content (AvgIpc) is 2.41. The summed E-state index contributed by atoms with van der Waals surface area (Å²) < 4.78 is 15.6. The zero-order chi connectivity index (χ0) is 13.8. The van der Waals surface area contributed by atoms with Crippen molar-refractivity contribution in [2.45, 2.75) is 20.0 Å². The quantitative estimate of drug-likeness (QED) is 0.935. The Morgan fingerprint density at radius 2 is 2.11 bits per heavy atom. The summed E-state index contributed by atoms with van der Waals surface area (Å²) in [5.74, 6) is -0.265. The lowest BCUT2D eigenvalue weighted by atomic mass is 10.2. The molecule has 0 spiro atoms. The standard InChI is InChI=1S/C14H14BrFN2O/c1-2-18-9-12(4-6-14(18)19)17-8-10-7-11(16)3-5-13(10)15/h3-7,9,17H,2,8H2,1H3. The van der Waals surface area contributed by atoms with Gasteiger partial charge in [0, 0.05) is 29.8 Å². The molecule has 5 heteroatoms. The molecule has 3 nitrogen and oxygen atoms in total. The van der Waals surface area contributed by atoms with Crippen LogP contribution in [0.25, 0.3) is 0 Å². The summed E-state index contributed by atoms with van der Waals surface area (Å²) in [4.78, 5) is 11.5. The van der Waals surface area contributed by atoms with Gasteiger partial charge in [0.1, 0.15) is 5.82 Å². The second-order valence-electron chi connectivity index (χ2n) is 4.13. The lowest BCUT2D eigenvalue weighted by Gasteiger charge is -2.10. The number of rotatable bonds is 4. The van der Waals surface area contributed by atoms with Gasteiger partial charge in [0.05, 0.1) is 5.69 Å². The minimum atomic E-state index is -0.265. The van der Waals surface area contributed by atoms with Crippen molar-refractivity contribution in [3.05, 3.63) is 62.7 Å². The fourth-order valence-electron chi connectivity index (χ4n) is 1.76. The molecule has 0 atom stereocenters. The van der Waals surface area contributed by atoms with Crippen LogP contribution in [0.15, 0.2) is 45.8 Å². The van der Waals surface area contributed by atoms with Gasteiger partial charge in [-0.2, -0.15) is 0 Å². The number of anilines is 1. The maximum atomic E-state index is 13.2. The number of benzene rings is 1. The fourth-order valence-corrected chi connectivity index (χ4v) is 2.15. The first-order chi connectivity index (χ1) is 9.10. The minimum absolute atomic E-state index is 0.0278. The second kappa shape index (κ2) is 6.02. The smallest absolute Gasteiger partial charge is 0.250 e. The predicted molar refractivity (Wildman–Crippen MR) is 77.8 cm³/mol. The van der Waals surface area contributed by atoms with Crippen molar-refractivity contribution in [3.8, 4) is 0 Å². The van der Waals surface area contributed by atoms with E-state index < -0.39 is 0 Å². The van der Waals surface area contributed by atoms with Gasteiger partial charge < -0.3 is 9.88 Å². The van der Waals surface area contributed by atoms with Gasteiger partial charge in [-0.1, -0.05) is 15.9 Å². The Labute approximate surface area is 119 Å². The van der Waals surface area contributed by atoms with E-state index in [1.807, 2.05) is 6.92 Å². The zero-order valence-electron chi connectivity index (χ0n) is 10.5. The molecule has 0 saturated carbocycles. The molecule has 100 valence electrons. The molecule has 0 aliphatic rings. The lowest BCUT2D eigenvalue weighted by molar-refractivity contribution is 0.625. The van der Waals surface area contributed by atoms with E-state index in [1.165, 1.54) is 18.2 Å². The first kappa shape index (κ1) is 13.8. The fraction of sp³-hybridized carbons (Fsp3) is 0.214. The summed E-state index contributed by atoms with van der Waals surface area (Å²) in [5.41, 5.74) is 1.63. The third-order valence-corrected chi connectivity index (χ3v) is 3.59. The molecule has 0 fully saturated rings. The van der Waals surface area contributed by atoms with Gasteiger partial charge in [0.15, 0.2) is 0 Å². The first-order valence-electron chi connectivity index (χ1n) is 5.98. The van der Waals surface area contributed by atoms with Gasteiger partial charge >= 0.3 is 0 Å². The highest BCUT2D eigenvalue weighted by molar-refractivity contribution is 9.10. The molecule has 2 rings (SSSR count). The van der Waals surface area contributed by atoms with Crippen LogP contribution >= 0.6 is 15.9 Å². The summed E-state index contributed by atoms with van der Waals surface area (Å²) in [6.07, 6.45) is 1.76. The highest BCUT2D eigenvalue weighted by atomic mass is 79.9. The topological polar surface area (TPSA) is 34.0 Å². The molecule has 0 aliphatic heterocycles. The summed E-state index contributed by atoms with van der Waals surface area (Å²) >= 11 is 3.38. The van der Waals surface area contributed by atoms with Crippen LogP contribution in [0.5, 0.6) is 0 Å². The van der Waals surface area contributed by atoms with Crippen molar-refractivity contribution in [1.82, 2.24) is 4.57 Å². The van der Waals surface area contributed by atoms with Gasteiger partial charge in [0.2, 0.25) is 0 Å². The molecular weight excluding hydrogens is 311 g/mol. The molecule has 1 heterocycles. The SMILES string of the molecule is CCn1cc(NCc2cc(F)ccc2Br)ccc1=O. The van der Waals surface area contributed by atoms with Crippen molar-refractivity contribution < 1.29 is 4.39 Å². The zero-order valence-corrected chi connectivity index (χ0v) is 12.1. The van der Waals surface area contributed by atoms with Crippen LogP contribution in [0.4, 0.5) is 10.1 Å². The Kier molecular flexibility index (Phi) is 4.37. The monoisotopic (exact) mass is 324 g/mol. The molecule has 0 bridgehead atoms. The molecule has 0 radical (unpaired) electrons. The average molecular weight is 325 g/mol. The minimum Gasteiger partial charge on any atom is -0.380 e. The largest absolute Gasteiger partial charge is 0.380 e. The third kappa shape index (κ3) is 3.44. The number of hydrogen-bond acceptors (Lipinski definition) is 2. The van der Waals surface area contributed by atoms with E-state index in [-0.39, 0.29) is 11.4 Å². The van der Waals surface area contributed by atoms with Crippen LogP contribution in [-0.2, 0) is 13.1 Å². The van der Waals surface area contributed by atoms with Gasteiger partial charge in [-0.05, 0) is 36.8 Å². The summed E-state index contributed by atoms with van der Waals surface area (Å²) in [6.45, 7) is 3.02. The van der Waals surface area contributed by atoms with Gasteiger partial charge in [-0.3, -0.25) is 4.79 Å². The van der Waals surface area contributed by atoms with E-state index in [1.54, 1.807) is 22.9 Å². The van der Waals surface area contributed by atoms with Crippen LogP contribution in [0.2, 0.25) is 0 Å². The van der Waals surface area contributed by atoms with Crippen molar-refractivity contribution in [1.29, 1.82) is 0 Å². The van der Waals surface area contributed by atoms with E-state index in [2.05, 4.69) is 21.2 Å². The number of hydrogen-bond donors (Lipinski definition) is 1. The number of pyridine rings is 1. The van der Waals surface area contributed by atoms with E-state index in [0.717, 1.165) is 15.7 Å². The molecule has 0 unspecified atom stereocenters. The van der Waals surface area contributed by atoms with Gasteiger partial charge in [-0.25, -0.2) is 4.39 Å². The van der Waals surface area contributed by atoms with E-state index >= 15 is 0 Å². The van der Waals surface area contributed by atoms with Crippen LogP contribution in [0, 0.1) is 5.82 Å². The van der Waals surface area contributed by atoms with Crippen molar-refractivity contribution in [3.63, 3.8) is 0 Å². The van der Waals surface area contributed by atoms with Crippen molar-refractivity contribution in [2.24, 2.45) is 0 Å². The Morgan fingerprint density at radius 3 is 2.84 bits per heavy atom. The third-order valence-electron chi connectivity index (χ3n) is 2.81. The molecule has 1 N–H and O–H groups in total. The second-order valence-corrected chi connectivity index (χ2v) is 4.99.